The number of methoxy groups -OCH3 is 1. The first-order valence-corrected chi connectivity index (χ1v) is 16.8. The van der Waals surface area contributed by atoms with Crippen LogP contribution in [-0.4, -0.2) is 94.0 Å². The maximum absolute atomic E-state index is 13.1. The van der Waals surface area contributed by atoms with Gasteiger partial charge in [-0.3, -0.25) is 9.69 Å². The molecule has 0 radical (unpaired) electrons. The topological polar surface area (TPSA) is 92.4 Å². The third-order valence-electron chi connectivity index (χ3n) is 7.75. The minimum atomic E-state index is -0.413. The van der Waals surface area contributed by atoms with Gasteiger partial charge in [0.25, 0.3) is 5.91 Å². The Bertz CT molecular complexity index is 1210. The summed E-state index contributed by atoms with van der Waals surface area (Å²) in [6.07, 6.45) is 14.3. The Morgan fingerprint density at radius 1 is 1.23 bits per heavy atom. The number of hydrogen-bond acceptors (Lipinski definition) is 9. The van der Waals surface area contributed by atoms with Gasteiger partial charge in [-0.1, -0.05) is 31.2 Å². The highest BCUT2D eigenvalue weighted by Gasteiger charge is 2.27. The number of hydrogen-bond donors (Lipinski definition) is 2. The fourth-order valence-electron chi connectivity index (χ4n) is 5.27. The molecule has 0 bridgehead atoms. The molecule has 44 heavy (non-hydrogen) atoms. The molecule has 1 fully saturated rings. The Kier molecular flexibility index (Phi) is 15.0. The van der Waals surface area contributed by atoms with Crippen molar-refractivity contribution in [1.82, 2.24) is 15.5 Å². The van der Waals surface area contributed by atoms with Crippen molar-refractivity contribution in [2.45, 2.75) is 51.3 Å². The monoisotopic (exact) mass is 626 g/mol. The van der Waals surface area contributed by atoms with Crippen LogP contribution in [0.25, 0.3) is 0 Å². The third kappa shape index (κ3) is 10.3. The van der Waals surface area contributed by atoms with E-state index in [1.54, 1.807) is 17.8 Å². The summed E-state index contributed by atoms with van der Waals surface area (Å²) in [4.78, 5) is 30.1. The Morgan fingerprint density at radius 3 is 2.68 bits per heavy atom. The second kappa shape index (κ2) is 18.7. The number of morpholine rings is 1. The van der Waals surface area contributed by atoms with Crippen molar-refractivity contribution in [1.29, 1.82) is 0 Å². The smallest absolute Gasteiger partial charge is 0.337 e. The van der Waals surface area contributed by atoms with Crippen molar-refractivity contribution in [3.63, 3.8) is 0 Å². The summed E-state index contributed by atoms with van der Waals surface area (Å²) in [5.41, 5.74) is 2.89. The molecule has 1 saturated heterocycles. The molecule has 0 spiro atoms. The molecule has 1 aromatic rings. The van der Waals surface area contributed by atoms with E-state index in [4.69, 9.17) is 14.2 Å². The van der Waals surface area contributed by atoms with Crippen LogP contribution in [0.1, 0.15) is 49.5 Å². The minimum Gasteiger partial charge on any atom is -0.491 e. The third-order valence-corrected chi connectivity index (χ3v) is 8.90. The average molecular weight is 627 g/mol. The van der Waals surface area contributed by atoms with Gasteiger partial charge in [0.1, 0.15) is 11.6 Å². The van der Waals surface area contributed by atoms with Crippen LogP contribution in [0, 0.1) is 0 Å². The van der Waals surface area contributed by atoms with Crippen LogP contribution in [-0.2, 0) is 20.7 Å². The number of nitrogens with zero attached hydrogens (tertiary/aromatic N) is 2. The number of thioether (sulfide) groups is 1. The van der Waals surface area contributed by atoms with E-state index in [1.165, 1.54) is 7.11 Å². The van der Waals surface area contributed by atoms with E-state index in [1.807, 2.05) is 38.1 Å². The largest absolute Gasteiger partial charge is 0.491 e. The average Bonchev–Trinajstić information content (AvgIpc) is 3.04. The lowest BCUT2D eigenvalue weighted by molar-refractivity contribution is -0.116. The SMILES string of the molecule is C=CC(SC)C(C)NC/C=C/CN1C(NC(=O)/C(C)=C\CC)=CCc2cc(C(=O)OC)cc(OCCCN3CCOCC3)c21. The van der Waals surface area contributed by atoms with E-state index >= 15 is 0 Å². The molecule has 10 heteroatoms. The van der Waals surface area contributed by atoms with Gasteiger partial charge in [-0.05, 0) is 63.1 Å². The summed E-state index contributed by atoms with van der Waals surface area (Å²) in [5, 5.41) is 6.98. The molecule has 0 saturated carbocycles. The molecule has 2 unspecified atom stereocenters. The van der Waals surface area contributed by atoms with Crippen LogP contribution in [0.3, 0.4) is 0 Å². The van der Waals surface area contributed by atoms with E-state index in [0.717, 1.165) is 56.9 Å². The van der Waals surface area contributed by atoms with E-state index < -0.39 is 5.97 Å². The quantitative estimate of drug-likeness (QED) is 0.111. The first-order valence-electron chi connectivity index (χ1n) is 15.5. The molecular weight excluding hydrogens is 576 g/mol. The van der Waals surface area contributed by atoms with Crippen LogP contribution >= 0.6 is 11.8 Å². The molecule has 2 N–H and O–H groups in total. The van der Waals surface area contributed by atoms with Gasteiger partial charge in [-0.2, -0.15) is 11.8 Å². The molecule has 2 heterocycles. The van der Waals surface area contributed by atoms with Crippen LogP contribution in [0.5, 0.6) is 5.75 Å². The van der Waals surface area contributed by atoms with Crippen molar-refractivity contribution in [3.05, 3.63) is 71.6 Å². The number of benzene rings is 1. The van der Waals surface area contributed by atoms with Gasteiger partial charge in [0.15, 0.2) is 0 Å². The molecule has 2 aliphatic heterocycles. The number of carbonyl (C=O) groups excluding carboxylic acids is 2. The van der Waals surface area contributed by atoms with E-state index in [9.17, 15) is 9.59 Å². The number of nitrogens with one attached hydrogen (secondary N) is 2. The zero-order chi connectivity index (χ0) is 31.9. The van der Waals surface area contributed by atoms with E-state index in [2.05, 4.69) is 52.3 Å². The molecule has 1 aromatic carbocycles. The molecular formula is C34H50N4O5S. The summed E-state index contributed by atoms with van der Waals surface area (Å²) in [5.74, 6) is 0.733. The number of amides is 1. The Hall–Kier alpha value is -3.05. The lowest BCUT2D eigenvalue weighted by Gasteiger charge is -2.34. The van der Waals surface area contributed by atoms with Crippen molar-refractivity contribution >= 4 is 29.3 Å². The lowest BCUT2D eigenvalue weighted by Crippen LogP contribution is -2.39. The summed E-state index contributed by atoms with van der Waals surface area (Å²) in [6.45, 7) is 15.9. The van der Waals surface area contributed by atoms with Crippen LogP contribution in [0.4, 0.5) is 5.69 Å². The highest BCUT2D eigenvalue weighted by atomic mass is 32.2. The van der Waals surface area contributed by atoms with Crippen molar-refractivity contribution in [2.75, 3.05) is 70.8 Å². The second-order valence-corrected chi connectivity index (χ2v) is 11.9. The van der Waals surface area contributed by atoms with E-state index in [-0.39, 0.29) is 11.9 Å². The number of rotatable bonds is 17. The van der Waals surface area contributed by atoms with Crippen LogP contribution < -0.4 is 20.3 Å². The zero-order valence-electron chi connectivity index (χ0n) is 27.0. The molecule has 2 atom stereocenters. The highest BCUT2D eigenvalue weighted by Crippen LogP contribution is 2.39. The number of fused-ring (bicyclic) bond motifs is 1. The van der Waals surface area contributed by atoms with Crippen LogP contribution in [0.2, 0.25) is 0 Å². The first-order chi connectivity index (χ1) is 21.3. The lowest BCUT2D eigenvalue weighted by atomic mass is 10.00. The van der Waals surface area contributed by atoms with Crippen molar-refractivity contribution in [3.8, 4) is 5.75 Å². The fourth-order valence-corrected chi connectivity index (χ4v) is 5.96. The number of allylic oxidation sites excluding steroid dienone is 2. The van der Waals surface area contributed by atoms with Gasteiger partial charge in [-0.15, -0.1) is 6.58 Å². The highest BCUT2D eigenvalue weighted by molar-refractivity contribution is 7.99. The molecule has 9 nitrogen and oxygen atoms in total. The predicted octanol–water partition coefficient (Wildman–Crippen LogP) is 4.70. The van der Waals surface area contributed by atoms with Gasteiger partial charge < -0.3 is 29.7 Å². The number of ether oxygens (including phenoxy) is 3. The summed E-state index contributed by atoms with van der Waals surface area (Å²) >= 11 is 1.77. The predicted molar refractivity (Wildman–Crippen MR) is 181 cm³/mol. The first kappa shape index (κ1) is 35.4. The normalized spacial score (nSPS) is 17.1. The summed E-state index contributed by atoms with van der Waals surface area (Å²) in [7, 11) is 1.38. The Labute approximate surface area is 267 Å². The standard InChI is InChI=1S/C34H50N4O5S/c1-7-12-25(3)33(39)36-31-14-13-27-23-28(34(40)41-5)24-29(43-20-11-16-37-18-21-42-22-19-37)32(27)38(31)17-10-9-15-35-26(4)30(8-2)44-6/h8-10,12,14,23-24,26,30,35H,2,7,11,13,15-22H2,1,3-6H3,(H,36,39)/b10-9+,25-12-. The molecule has 1 amide bonds. The molecule has 3 rings (SSSR count). The maximum atomic E-state index is 13.1. The fraction of sp³-hybridized carbons (Fsp3) is 0.529. The zero-order valence-corrected chi connectivity index (χ0v) is 27.8. The molecule has 0 aromatic heterocycles. The molecule has 242 valence electrons. The second-order valence-electron chi connectivity index (χ2n) is 10.9. The minimum absolute atomic E-state index is 0.141. The Balaban J connectivity index is 1.86. The van der Waals surface area contributed by atoms with Gasteiger partial charge in [-0.25, -0.2) is 4.79 Å². The van der Waals surface area contributed by atoms with E-state index in [0.29, 0.717) is 54.1 Å². The van der Waals surface area contributed by atoms with Crippen molar-refractivity contribution < 1.29 is 23.8 Å². The van der Waals surface area contributed by atoms with Crippen LogP contribution in [0.15, 0.2) is 60.5 Å². The summed E-state index contributed by atoms with van der Waals surface area (Å²) in [6, 6.07) is 3.89. The molecule has 0 aliphatic carbocycles. The molecule has 2 aliphatic rings. The van der Waals surface area contributed by atoms with Gasteiger partial charge in [0, 0.05) is 49.6 Å². The summed E-state index contributed by atoms with van der Waals surface area (Å²) < 4.78 is 16.9. The maximum Gasteiger partial charge on any atom is 0.337 e. The van der Waals surface area contributed by atoms with Gasteiger partial charge in [0.2, 0.25) is 0 Å². The van der Waals surface area contributed by atoms with Crippen molar-refractivity contribution in [2.24, 2.45) is 0 Å². The number of esters is 1. The number of carbonyl (C=O) groups is 2. The Morgan fingerprint density at radius 2 is 2.00 bits per heavy atom. The van der Waals surface area contributed by atoms with Gasteiger partial charge in [0.05, 0.1) is 38.2 Å². The van der Waals surface area contributed by atoms with Gasteiger partial charge >= 0.3 is 5.97 Å². The number of anilines is 1.